The highest BCUT2D eigenvalue weighted by Gasteiger charge is 2.29. The molecular formula is C9H9F2O6P. The van der Waals surface area contributed by atoms with E-state index in [9.17, 15) is 18.4 Å². The Labute approximate surface area is 100 Å². The Kier molecular flexibility index (Phi) is 5.21. The molecule has 0 fully saturated rings. The van der Waals surface area contributed by atoms with Gasteiger partial charge in [0.1, 0.15) is 5.75 Å². The van der Waals surface area contributed by atoms with E-state index in [1.807, 2.05) is 0 Å². The van der Waals surface area contributed by atoms with E-state index < -0.39 is 26.3 Å². The lowest BCUT2D eigenvalue weighted by Gasteiger charge is -2.11. The summed E-state index contributed by atoms with van der Waals surface area (Å²) in [6.07, 6.45) is -0.726. The molecule has 0 unspecified atom stereocenters. The van der Waals surface area contributed by atoms with Gasteiger partial charge in [-0.15, -0.1) is 9.46 Å². The van der Waals surface area contributed by atoms with Crippen molar-refractivity contribution in [2.24, 2.45) is 0 Å². The van der Waals surface area contributed by atoms with Crippen LogP contribution in [0.25, 0.3) is 0 Å². The lowest BCUT2D eigenvalue weighted by molar-refractivity contribution is -0.139. The maximum atomic E-state index is 11.9. The summed E-state index contributed by atoms with van der Waals surface area (Å²) in [5.74, 6) is -1.20. The van der Waals surface area contributed by atoms with Crippen molar-refractivity contribution in [2.75, 3.05) is 6.61 Å². The molecule has 18 heavy (non-hydrogen) atoms. The first-order valence-electron chi connectivity index (χ1n) is 4.63. The third-order valence-corrected chi connectivity index (χ3v) is 3.05. The van der Waals surface area contributed by atoms with Crippen LogP contribution < -0.4 is 4.74 Å². The molecule has 0 aliphatic heterocycles. The van der Waals surface area contributed by atoms with E-state index in [1.54, 1.807) is 0 Å². The molecule has 1 rings (SSSR count). The zero-order valence-electron chi connectivity index (χ0n) is 8.92. The quantitative estimate of drug-likeness (QED) is 0.774. The molecule has 0 aliphatic rings. The van der Waals surface area contributed by atoms with E-state index in [0.29, 0.717) is 0 Å². The second kappa shape index (κ2) is 6.44. The van der Waals surface area contributed by atoms with Gasteiger partial charge >= 0.3 is 13.6 Å². The summed E-state index contributed by atoms with van der Waals surface area (Å²) in [6, 6.07) is 5.71. The van der Waals surface area contributed by atoms with Gasteiger partial charge in [0.2, 0.25) is 0 Å². The average Bonchev–Trinajstić information content (AvgIpc) is 2.37. The van der Waals surface area contributed by atoms with Gasteiger partial charge in [0.15, 0.2) is 6.61 Å². The van der Waals surface area contributed by atoms with Gasteiger partial charge in [-0.25, -0.2) is 4.79 Å². The Balaban J connectivity index is 2.88. The van der Waals surface area contributed by atoms with Crippen molar-refractivity contribution in [2.45, 2.75) is 6.16 Å². The lowest BCUT2D eigenvalue weighted by atomic mass is 10.2. The molecule has 1 N–H and O–H groups in total. The summed E-state index contributed by atoms with van der Waals surface area (Å²) in [6.45, 7) is -0.645. The van der Waals surface area contributed by atoms with E-state index in [0.717, 1.165) is 0 Å². The Morgan fingerprint density at radius 3 is 2.44 bits per heavy atom. The first kappa shape index (κ1) is 14.6. The summed E-state index contributed by atoms with van der Waals surface area (Å²) in [4.78, 5) is 10.3. The minimum absolute atomic E-state index is 0.0224. The highest BCUT2D eigenvalue weighted by molar-refractivity contribution is 7.52. The normalized spacial score (nSPS) is 11.2. The van der Waals surface area contributed by atoms with E-state index >= 15 is 0 Å². The molecule has 9 heteroatoms. The predicted molar refractivity (Wildman–Crippen MR) is 55.3 cm³/mol. The molecule has 0 saturated heterocycles. The second-order valence-corrected chi connectivity index (χ2v) is 5.01. The highest BCUT2D eigenvalue weighted by Crippen LogP contribution is 2.53. The van der Waals surface area contributed by atoms with Gasteiger partial charge < -0.3 is 9.84 Å². The van der Waals surface area contributed by atoms with Crippen LogP contribution in [0.15, 0.2) is 24.3 Å². The van der Waals surface area contributed by atoms with Crippen molar-refractivity contribution in [1.29, 1.82) is 0 Å². The van der Waals surface area contributed by atoms with E-state index in [4.69, 9.17) is 9.84 Å². The topological polar surface area (TPSA) is 82.1 Å². The minimum Gasteiger partial charge on any atom is -0.482 e. The van der Waals surface area contributed by atoms with Crippen LogP contribution in [0.2, 0.25) is 0 Å². The van der Waals surface area contributed by atoms with Gasteiger partial charge in [0, 0.05) is 5.56 Å². The zero-order chi connectivity index (χ0) is 13.6. The number of carboxylic acids is 1. The maximum Gasteiger partial charge on any atom is 0.399 e. The molecule has 0 atom stereocenters. The van der Waals surface area contributed by atoms with Gasteiger partial charge in [0.05, 0.1) is 6.16 Å². The SMILES string of the molecule is O=C(O)COc1ccccc1CP(=O)(OF)OF. The number of carbonyl (C=O) groups is 1. The van der Waals surface area contributed by atoms with Crippen LogP contribution in [0, 0.1) is 0 Å². The number of hydrogen-bond donors (Lipinski definition) is 1. The number of para-hydroxylation sites is 1. The Bertz CT molecular complexity index is 458. The fourth-order valence-electron chi connectivity index (χ4n) is 1.18. The molecule has 100 valence electrons. The molecular weight excluding hydrogens is 273 g/mol. The van der Waals surface area contributed by atoms with Crippen LogP contribution >= 0.6 is 7.60 Å². The molecule has 0 amide bonds. The number of rotatable bonds is 7. The summed E-state index contributed by atoms with van der Waals surface area (Å²) in [5.41, 5.74) is 0.0948. The lowest BCUT2D eigenvalue weighted by Crippen LogP contribution is -2.10. The van der Waals surface area contributed by atoms with E-state index in [2.05, 4.69) is 9.46 Å². The fraction of sp³-hybridized carbons (Fsp3) is 0.222. The maximum absolute atomic E-state index is 11.9. The van der Waals surface area contributed by atoms with Crippen LogP contribution in [-0.4, -0.2) is 17.7 Å². The summed E-state index contributed by atoms with van der Waals surface area (Å²) >= 11 is 0. The van der Waals surface area contributed by atoms with Crippen molar-refractivity contribution < 1.29 is 37.7 Å². The van der Waals surface area contributed by atoms with Crippen LogP contribution in [0.5, 0.6) is 5.75 Å². The van der Waals surface area contributed by atoms with Crippen LogP contribution in [0.4, 0.5) is 9.05 Å². The Hall–Kier alpha value is -1.50. The number of benzene rings is 1. The number of ether oxygens (including phenoxy) is 1. The van der Waals surface area contributed by atoms with Gasteiger partial charge in [-0.3, -0.25) is 4.57 Å². The molecule has 6 nitrogen and oxygen atoms in total. The molecule has 0 bridgehead atoms. The molecule has 1 aromatic rings. The molecule has 0 saturated carbocycles. The van der Waals surface area contributed by atoms with Gasteiger partial charge in [-0.2, -0.15) is 0 Å². The molecule has 0 heterocycles. The summed E-state index contributed by atoms with van der Waals surface area (Å²) in [5, 5.41) is 8.44. The van der Waals surface area contributed by atoms with Gasteiger partial charge in [0.25, 0.3) is 0 Å². The fourth-order valence-corrected chi connectivity index (χ4v) is 1.98. The van der Waals surface area contributed by atoms with E-state index in [-0.39, 0.29) is 11.3 Å². The number of hydrogen-bond acceptors (Lipinski definition) is 5. The Morgan fingerprint density at radius 2 is 1.89 bits per heavy atom. The molecule has 0 aromatic heterocycles. The van der Waals surface area contributed by atoms with Gasteiger partial charge in [-0.05, 0) is 15.1 Å². The predicted octanol–water partition coefficient (Wildman–Crippen LogP) is 2.65. The van der Waals surface area contributed by atoms with Crippen molar-refractivity contribution in [3.8, 4) is 5.75 Å². The molecule has 0 spiro atoms. The van der Waals surface area contributed by atoms with Crippen molar-refractivity contribution in [3.63, 3.8) is 0 Å². The van der Waals surface area contributed by atoms with Crippen LogP contribution in [-0.2, 0) is 25.0 Å². The molecule has 0 radical (unpaired) electrons. The second-order valence-electron chi connectivity index (χ2n) is 3.20. The number of halogens is 2. The smallest absolute Gasteiger partial charge is 0.399 e. The zero-order valence-corrected chi connectivity index (χ0v) is 9.81. The van der Waals surface area contributed by atoms with Crippen molar-refractivity contribution >= 4 is 13.6 Å². The van der Waals surface area contributed by atoms with Crippen LogP contribution in [0.1, 0.15) is 5.56 Å². The Morgan fingerprint density at radius 1 is 1.28 bits per heavy atom. The molecule has 0 aliphatic carbocycles. The average molecular weight is 282 g/mol. The molecule has 1 aromatic carbocycles. The highest BCUT2D eigenvalue weighted by atomic mass is 31.2. The van der Waals surface area contributed by atoms with Gasteiger partial charge in [-0.1, -0.05) is 18.2 Å². The standard InChI is InChI=1S/C9H9F2O6P/c10-16-18(14,17-11)6-7-3-1-2-4-8(7)15-5-9(12)13/h1-4H,5-6H2,(H,12,13). The third kappa shape index (κ3) is 4.06. The number of aliphatic carboxylic acids is 1. The van der Waals surface area contributed by atoms with Crippen LogP contribution in [0.3, 0.4) is 0 Å². The third-order valence-electron chi connectivity index (χ3n) is 1.90. The largest absolute Gasteiger partial charge is 0.482 e. The summed E-state index contributed by atoms with van der Waals surface area (Å²) in [7, 11) is -4.54. The first-order chi connectivity index (χ1) is 8.50. The van der Waals surface area contributed by atoms with Crippen molar-refractivity contribution in [1.82, 2.24) is 0 Å². The van der Waals surface area contributed by atoms with E-state index in [1.165, 1.54) is 24.3 Å². The first-order valence-corrected chi connectivity index (χ1v) is 6.36. The monoisotopic (exact) mass is 282 g/mol. The minimum atomic E-state index is -4.54. The number of carboxylic acid groups (broad SMARTS) is 1. The summed E-state index contributed by atoms with van der Waals surface area (Å²) < 4.78 is 45.8. The van der Waals surface area contributed by atoms with Crippen molar-refractivity contribution in [3.05, 3.63) is 29.8 Å².